The second kappa shape index (κ2) is 6.36. The summed E-state index contributed by atoms with van der Waals surface area (Å²) in [6.07, 6.45) is -34.6. The van der Waals surface area contributed by atoms with Gasteiger partial charge in [-0.1, -0.05) is 0 Å². The fourth-order valence-corrected chi connectivity index (χ4v) is 2.74. The van der Waals surface area contributed by atoms with Crippen LogP contribution in [0.25, 0.3) is 0 Å². The van der Waals surface area contributed by atoms with Crippen LogP contribution in [0.4, 0.5) is 74.6 Å². The van der Waals surface area contributed by atoms with Crippen molar-refractivity contribution in [2.24, 2.45) is 5.41 Å². The molecule has 0 atom stereocenters. The second-order valence-electron chi connectivity index (χ2n) is 4.97. The molecule has 0 radical (unpaired) electrons. The molecule has 0 aliphatic rings. The molecule has 0 saturated carbocycles. The Morgan fingerprint density at radius 2 is 0.724 bits per heavy atom. The van der Waals surface area contributed by atoms with Crippen LogP contribution in [-0.2, 0) is 10.1 Å². The van der Waals surface area contributed by atoms with Gasteiger partial charge in [-0.05, 0) is 0 Å². The normalized spacial score (nSPS) is 16.9. The van der Waals surface area contributed by atoms with E-state index in [1.807, 2.05) is 0 Å². The predicted octanol–water partition coefficient (Wildman–Crippen LogP) is 5.05. The maximum atomic E-state index is 13.7. The molecule has 176 valence electrons. The van der Waals surface area contributed by atoms with E-state index >= 15 is 0 Å². The van der Waals surface area contributed by atoms with Crippen molar-refractivity contribution in [3.8, 4) is 0 Å². The number of alkyl halides is 17. The molecule has 0 heterocycles. The van der Waals surface area contributed by atoms with Gasteiger partial charge in [0.15, 0.2) is 0 Å². The summed E-state index contributed by atoms with van der Waals surface area (Å²) in [6.45, 7) is 0. The number of hydrogen-bond donors (Lipinski definition) is 1. The molecule has 0 aromatic heterocycles. The lowest BCUT2D eigenvalue weighted by molar-refractivity contribution is -0.494. The van der Waals surface area contributed by atoms with Gasteiger partial charge in [-0.2, -0.15) is 69.9 Å². The molecule has 0 bridgehead atoms. The maximum absolute atomic E-state index is 13.7. The first-order valence-electron chi connectivity index (χ1n) is 5.68. The Labute approximate surface area is 146 Å². The highest BCUT2D eigenvalue weighted by Crippen LogP contribution is 2.73. The number of hydrogen-bond acceptors (Lipinski definition) is 2. The predicted molar refractivity (Wildman–Crippen MR) is 51.9 cm³/mol. The van der Waals surface area contributed by atoms with Gasteiger partial charge in [0.05, 0.1) is 0 Å². The molecule has 0 aromatic carbocycles. The fourth-order valence-electron chi connectivity index (χ4n) is 2.00. The molecular weight excluding hydrogens is 499 g/mol. The summed E-state index contributed by atoms with van der Waals surface area (Å²) in [5.41, 5.74) is -18.3. The fraction of sp³-hybridized carbons (Fsp3) is 1.00. The van der Waals surface area contributed by atoms with Gasteiger partial charge in [-0.3, -0.25) is 4.55 Å². The van der Waals surface area contributed by atoms with Crippen LogP contribution in [-0.4, -0.2) is 54.5 Å². The van der Waals surface area contributed by atoms with E-state index < -0.39 is 57.1 Å². The Morgan fingerprint density at radius 1 is 0.483 bits per heavy atom. The third-order valence-electron chi connectivity index (χ3n) is 3.30. The third-order valence-corrected chi connectivity index (χ3v) is 4.25. The van der Waals surface area contributed by atoms with Gasteiger partial charge in [0.1, 0.15) is 0 Å². The van der Waals surface area contributed by atoms with Gasteiger partial charge in [0.25, 0.3) is 0 Å². The monoisotopic (exact) mass is 500 g/mol. The summed E-state index contributed by atoms with van der Waals surface area (Å²) >= 11 is 0. The zero-order valence-electron chi connectivity index (χ0n) is 12.1. The van der Waals surface area contributed by atoms with Crippen molar-refractivity contribution < 1.29 is 87.6 Å². The average Bonchev–Trinajstić information content (AvgIpc) is 2.28. The van der Waals surface area contributed by atoms with Gasteiger partial charge in [-0.25, -0.2) is 13.2 Å². The summed E-state index contributed by atoms with van der Waals surface area (Å²) in [5, 5.41) is -8.62. The highest BCUT2D eigenvalue weighted by Gasteiger charge is 3.03. The lowest BCUT2D eigenvalue weighted by Gasteiger charge is -2.49. The van der Waals surface area contributed by atoms with Gasteiger partial charge >= 0.3 is 57.1 Å². The second-order valence-corrected chi connectivity index (χ2v) is 6.43. The number of rotatable bonds is 4. The summed E-state index contributed by atoms with van der Waals surface area (Å²) in [5.74, 6) is -9.41. The zero-order chi connectivity index (χ0) is 24.5. The Kier molecular flexibility index (Phi) is 6.08. The van der Waals surface area contributed by atoms with E-state index in [1.165, 1.54) is 0 Å². The molecule has 1 N–H and O–H groups in total. The summed E-state index contributed by atoms with van der Waals surface area (Å²) in [6, 6.07) is 0. The van der Waals surface area contributed by atoms with Crippen LogP contribution < -0.4 is 0 Å². The highest BCUT2D eigenvalue weighted by atomic mass is 32.2. The first kappa shape index (κ1) is 27.7. The molecule has 0 fully saturated rings. The SMILES string of the molecule is O=S(=O)(O)C(F)(F)C(C(F)(F)F)(C(F)(F)F)C(F)(F)C(F)(C(F)(F)F)C(F)(F)F. The van der Waals surface area contributed by atoms with E-state index in [2.05, 4.69) is 0 Å². The zero-order valence-corrected chi connectivity index (χ0v) is 12.9. The minimum absolute atomic E-state index is 7.85. The molecule has 0 spiro atoms. The van der Waals surface area contributed by atoms with Crippen molar-refractivity contribution in [1.82, 2.24) is 0 Å². The minimum Gasteiger partial charge on any atom is -0.281 e. The largest absolute Gasteiger partial charge is 0.437 e. The van der Waals surface area contributed by atoms with Crippen LogP contribution in [0.3, 0.4) is 0 Å². The van der Waals surface area contributed by atoms with Gasteiger partial charge in [0, 0.05) is 0 Å². The van der Waals surface area contributed by atoms with Gasteiger partial charge < -0.3 is 0 Å². The van der Waals surface area contributed by atoms with E-state index in [-0.39, 0.29) is 0 Å². The van der Waals surface area contributed by atoms with Crippen molar-refractivity contribution >= 4 is 10.1 Å². The van der Waals surface area contributed by atoms with Gasteiger partial charge in [0.2, 0.25) is 0 Å². The van der Waals surface area contributed by atoms with E-state index in [0.717, 1.165) is 0 Å². The smallest absolute Gasteiger partial charge is 0.281 e. The van der Waals surface area contributed by atoms with E-state index in [0.29, 0.717) is 0 Å². The average molecular weight is 500 g/mol. The molecular formula is C8HF17O3S. The van der Waals surface area contributed by atoms with Crippen LogP contribution in [0.2, 0.25) is 0 Å². The van der Waals surface area contributed by atoms with Crippen molar-refractivity contribution in [2.75, 3.05) is 0 Å². The van der Waals surface area contributed by atoms with Crippen molar-refractivity contribution in [2.45, 2.75) is 41.6 Å². The molecule has 0 aliphatic carbocycles. The van der Waals surface area contributed by atoms with E-state index in [9.17, 15) is 83.1 Å². The molecule has 0 aliphatic heterocycles. The van der Waals surface area contributed by atoms with E-state index in [1.54, 1.807) is 0 Å². The standard InChI is InChI=1S/C8HF17O3S/c9-2(6(18,19)20,7(21,22)23)3(10,11)1(4(12,13)14,5(15,16)17)8(24,25)29(26,27)28/h(H,26,27,28). The van der Waals surface area contributed by atoms with Crippen LogP contribution in [0, 0.1) is 5.41 Å². The third kappa shape index (κ3) is 3.26. The highest BCUT2D eigenvalue weighted by molar-refractivity contribution is 7.86. The van der Waals surface area contributed by atoms with Crippen LogP contribution in [0.5, 0.6) is 0 Å². The summed E-state index contributed by atoms with van der Waals surface area (Å²) < 4.78 is 246. The number of halogens is 17. The Hall–Kier alpha value is -1.28. The van der Waals surface area contributed by atoms with Crippen LogP contribution >= 0.6 is 0 Å². The molecule has 0 amide bonds. The molecule has 21 heteroatoms. The molecule has 0 saturated heterocycles. The Morgan fingerprint density at radius 3 is 0.862 bits per heavy atom. The Bertz CT molecular complexity index is 692. The molecule has 0 unspecified atom stereocenters. The first-order valence-corrected chi connectivity index (χ1v) is 7.12. The maximum Gasteiger partial charge on any atom is 0.437 e. The summed E-state index contributed by atoms with van der Waals surface area (Å²) in [4.78, 5) is 0. The van der Waals surface area contributed by atoms with Crippen molar-refractivity contribution in [3.05, 3.63) is 0 Å². The topological polar surface area (TPSA) is 54.4 Å². The first-order chi connectivity index (χ1) is 12.0. The molecule has 3 nitrogen and oxygen atoms in total. The van der Waals surface area contributed by atoms with Crippen molar-refractivity contribution in [3.63, 3.8) is 0 Å². The lowest BCUT2D eigenvalue weighted by Crippen LogP contribution is -2.80. The minimum atomic E-state index is -9.41. The molecule has 29 heavy (non-hydrogen) atoms. The van der Waals surface area contributed by atoms with Crippen molar-refractivity contribution in [1.29, 1.82) is 0 Å². The summed E-state index contributed by atoms with van der Waals surface area (Å²) in [7, 11) is -8.52. The van der Waals surface area contributed by atoms with E-state index in [4.69, 9.17) is 4.55 Å². The Balaban J connectivity index is 8.14. The molecule has 0 rings (SSSR count). The molecule has 0 aromatic rings. The van der Waals surface area contributed by atoms with Crippen LogP contribution in [0.1, 0.15) is 0 Å². The van der Waals surface area contributed by atoms with Gasteiger partial charge in [-0.15, -0.1) is 0 Å². The lowest BCUT2D eigenvalue weighted by atomic mass is 9.71. The van der Waals surface area contributed by atoms with Crippen LogP contribution in [0.15, 0.2) is 0 Å². The quantitative estimate of drug-likeness (QED) is 0.435.